The molecule has 2 saturated heterocycles. The Hall–Kier alpha value is -4.41. The minimum absolute atomic E-state index is 0.0993. The lowest BCUT2D eigenvalue weighted by molar-refractivity contribution is -0.116. The second-order valence-corrected chi connectivity index (χ2v) is 12.6. The molecule has 2 amide bonds. The molecule has 1 aromatic heterocycles. The Morgan fingerprint density at radius 2 is 1.28 bits per heavy atom. The molecule has 15 heteroatoms. The maximum Gasteiger partial charge on any atom is 0.281 e. The number of carbonyl (C=O) groups excluding carboxylic acids is 2. The molecular weight excluding hydrogens is 588 g/mol. The van der Waals surface area contributed by atoms with Gasteiger partial charge >= 0.3 is 0 Å². The Bertz CT molecular complexity index is 1440. The van der Waals surface area contributed by atoms with Gasteiger partial charge in [0.05, 0.1) is 5.69 Å². The van der Waals surface area contributed by atoms with E-state index in [1.807, 2.05) is 23.6 Å². The zero-order valence-electron chi connectivity index (χ0n) is 26.2. The number of nitrogens with one attached hydrogen (secondary N) is 2. The highest BCUT2D eigenvalue weighted by Crippen LogP contribution is 2.25. The molecule has 2 aromatic carbocycles. The Labute approximate surface area is 268 Å². The number of hydroxylamine groups is 1. The Morgan fingerprint density at radius 1 is 0.804 bits per heavy atom. The van der Waals surface area contributed by atoms with E-state index in [4.69, 9.17) is 27.9 Å². The molecule has 15 nitrogen and oxygen atoms in total. The fourth-order valence-corrected chi connectivity index (χ4v) is 5.71. The molecule has 246 valence electrons. The van der Waals surface area contributed by atoms with Gasteiger partial charge < -0.3 is 43.4 Å². The molecule has 0 aliphatic carbocycles. The van der Waals surface area contributed by atoms with Crippen molar-refractivity contribution in [2.45, 2.75) is 57.3 Å². The van der Waals surface area contributed by atoms with Crippen LogP contribution in [0.4, 0.5) is 34.9 Å². The number of nitrogens with zero attached hydrogens (tertiary/aromatic N) is 6. The molecule has 3 heterocycles. The van der Waals surface area contributed by atoms with E-state index in [1.54, 1.807) is 48.5 Å². The van der Waals surface area contributed by atoms with Crippen molar-refractivity contribution in [3.05, 3.63) is 54.1 Å². The van der Waals surface area contributed by atoms with Gasteiger partial charge in [-0.2, -0.15) is 20.0 Å². The second kappa shape index (κ2) is 14.3. The number of carbonyl (C=O) groups is 2. The van der Waals surface area contributed by atoms with Crippen molar-refractivity contribution in [2.24, 2.45) is 28.9 Å². The van der Waals surface area contributed by atoms with Crippen LogP contribution < -0.4 is 48.4 Å². The molecule has 3 aromatic rings. The van der Waals surface area contributed by atoms with Crippen molar-refractivity contribution < 1.29 is 14.8 Å². The number of benzene rings is 2. The van der Waals surface area contributed by atoms with Crippen LogP contribution in [0.3, 0.4) is 0 Å². The molecule has 0 radical (unpaired) electrons. The third-order valence-electron chi connectivity index (χ3n) is 7.78. The summed E-state index contributed by atoms with van der Waals surface area (Å²) in [7, 11) is 0. The van der Waals surface area contributed by atoms with Gasteiger partial charge in [0, 0.05) is 73.7 Å². The van der Waals surface area contributed by atoms with Crippen LogP contribution in [-0.2, 0) is 4.79 Å². The van der Waals surface area contributed by atoms with Crippen LogP contribution in [0.15, 0.2) is 48.5 Å². The molecule has 2 aliphatic heterocycles. The molecule has 0 bridgehead atoms. The summed E-state index contributed by atoms with van der Waals surface area (Å²) in [6.07, 6.45) is 1.83. The van der Waals surface area contributed by atoms with Crippen LogP contribution >= 0.6 is 0 Å². The highest BCUT2D eigenvalue weighted by Gasteiger charge is 2.29. The van der Waals surface area contributed by atoms with E-state index in [9.17, 15) is 14.8 Å². The van der Waals surface area contributed by atoms with E-state index < -0.39 is 5.91 Å². The van der Waals surface area contributed by atoms with Gasteiger partial charge in [-0.3, -0.25) is 14.8 Å². The first-order chi connectivity index (χ1) is 21.9. The Morgan fingerprint density at radius 3 is 1.76 bits per heavy atom. The number of hydrogen-bond donors (Lipinski definition) is 7. The third kappa shape index (κ3) is 8.44. The SMILES string of the molecule is CC(C)CC(=O)Nc1ccc(N(O)C(=O)c2ccc(Nc3nc(N4C[C@H](N)C[C@H](N)C4)nc(N4C[C@H](N)C[C@H](N)C4)n3)cc2)cc1. The summed E-state index contributed by atoms with van der Waals surface area (Å²) in [5.41, 5.74) is 26.7. The number of anilines is 6. The number of amides is 2. The minimum Gasteiger partial charge on any atom is -0.338 e. The van der Waals surface area contributed by atoms with E-state index in [0.717, 1.165) is 0 Å². The van der Waals surface area contributed by atoms with E-state index in [2.05, 4.69) is 20.6 Å². The van der Waals surface area contributed by atoms with Crippen LogP contribution in [0.2, 0.25) is 0 Å². The molecular formula is C31H44N12O3. The molecule has 2 aliphatic rings. The summed E-state index contributed by atoms with van der Waals surface area (Å²) in [5, 5.41) is 17.2. The van der Waals surface area contributed by atoms with Crippen LogP contribution in [0.1, 0.15) is 43.5 Å². The molecule has 0 unspecified atom stereocenters. The number of rotatable bonds is 9. The average Bonchev–Trinajstić information content (AvgIpc) is 2.99. The standard InChI is InChI=1S/C31H44N12O3/c1-18(2)11-27(44)36-24-7-9-26(10-8-24)43(46)28(45)19-3-5-25(6-4-19)37-29-38-30(41-14-20(32)12-21(33)15-41)40-31(39-29)42-16-22(34)13-23(35)17-42/h3-10,18,20-23,46H,11-17,32-35H2,1-2H3,(H,36,44)(H,37,38,39,40)/t20-,21+,22-,23+. The van der Waals surface area contributed by atoms with Gasteiger partial charge in [0.1, 0.15) is 0 Å². The van der Waals surface area contributed by atoms with Gasteiger partial charge in [-0.1, -0.05) is 13.8 Å². The Balaban J connectivity index is 1.30. The maximum absolute atomic E-state index is 13.0. The van der Waals surface area contributed by atoms with Crippen molar-refractivity contribution in [3.8, 4) is 0 Å². The fourth-order valence-electron chi connectivity index (χ4n) is 5.71. The summed E-state index contributed by atoms with van der Waals surface area (Å²) < 4.78 is 0. The van der Waals surface area contributed by atoms with Gasteiger partial charge in [-0.15, -0.1) is 0 Å². The first-order valence-electron chi connectivity index (χ1n) is 15.5. The van der Waals surface area contributed by atoms with Crippen molar-refractivity contribution in [2.75, 3.05) is 51.7 Å². The molecule has 0 saturated carbocycles. The predicted octanol–water partition coefficient (Wildman–Crippen LogP) is 1.37. The summed E-state index contributed by atoms with van der Waals surface area (Å²) in [6, 6.07) is 12.5. The molecule has 11 N–H and O–H groups in total. The van der Waals surface area contributed by atoms with Gasteiger partial charge in [-0.05, 0) is 67.3 Å². The number of hydrogen-bond acceptors (Lipinski definition) is 13. The maximum atomic E-state index is 13.0. The lowest BCUT2D eigenvalue weighted by Crippen LogP contribution is -2.54. The van der Waals surface area contributed by atoms with Gasteiger partial charge in [-0.25, -0.2) is 0 Å². The van der Waals surface area contributed by atoms with E-state index in [1.165, 1.54) is 0 Å². The molecule has 5 rings (SSSR count). The molecule has 0 spiro atoms. The summed E-state index contributed by atoms with van der Waals surface area (Å²) in [6.45, 7) is 6.15. The van der Waals surface area contributed by atoms with Gasteiger partial charge in [0.25, 0.3) is 5.91 Å². The van der Waals surface area contributed by atoms with E-state index in [0.29, 0.717) is 79.7 Å². The molecule has 46 heavy (non-hydrogen) atoms. The van der Waals surface area contributed by atoms with Gasteiger partial charge in [0.15, 0.2) is 0 Å². The topological polar surface area (TPSA) is 231 Å². The van der Waals surface area contributed by atoms with Crippen molar-refractivity contribution >= 4 is 46.7 Å². The minimum atomic E-state index is -0.622. The van der Waals surface area contributed by atoms with Crippen molar-refractivity contribution in [1.82, 2.24) is 15.0 Å². The molecule has 4 atom stereocenters. The lowest BCUT2D eigenvalue weighted by atomic mass is 10.0. The number of aromatic nitrogens is 3. The van der Waals surface area contributed by atoms with Crippen LogP contribution in [0.5, 0.6) is 0 Å². The highest BCUT2D eigenvalue weighted by molar-refractivity contribution is 6.04. The van der Waals surface area contributed by atoms with Gasteiger partial charge in [0.2, 0.25) is 23.8 Å². The first-order valence-corrected chi connectivity index (χ1v) is 15.5. The third-order valence-corrected chi connectivity index (χ3v) is 7.78. The van der Waals surface area contributed by atoms with E-state index in [-0.39, 0.29) is 47.2 Å². The summed E-state index contributed by atoms with van der Waals surface area (Å²) in [4.78, 5) is 43.1. The zero-order chi connectivity index (χ0) is 33.0. The number of piperidine rings is 2. The summed E-state index contributed by atoms with van der Waals surface area (Å²) >= 11 is 0. The summed E-state index contributed by atoms with van der Waals surface area (Å²) in [5.74, 6) is 0.693. The quantitative estimate of drug-likeness (QED) is 0.131. The largest absolute Gasteiger partial charge is 0.338 e. The van der Waals surface area contributed by atoms with Crippen LogP contribution in [-0.4, -0.2) is 82.3 Å². The smallest absolute Gasteiger partial charge is 0.281 e. The predicted molar refractivity (Wildman–Crippen MR) is 178 cm³/mol. The van der Waals surface area contributed by atoms with E-state index >= 15 is 0 Å². The second-order valence-electron chi connectivity index (χ2n) is 12.6. The number of nitrogens with two attached hydrogens (primary N) is 4. The fraction of sp³-hybridized carbons (Fsp3) is 0.452. The first kappa shape index (κ1) is 33.0. The van der Waals surface area contributed by atoms with Crippen molar-refractivity contribution in [3.63, 3.8) is 0 Å². The average molecular weight is 633 g/mol. The van der Waals surface area contributed by atoms with Crippen molar-refractivity contribution in [1.29, 1.82) is 0 Å². The Kier molecular flexibility index (Phi) is 10.3. The highest BCUT2D eigenvalue weighted by atomic mass is 16.5. The molecule has 2 fully saturated rings. The van der Waals surface area contributed by atoms with Crippen LogP contribution in [0.25, 0.3) is 0 Å². The lowest BCUT2D eigenvalue weighted by Gasteiger charge is -2.37. The monoisotopic (exact) mass is 632 g/mol. The van der Waals surface area contributed by atoms with Crippen LogP contribution in [0, 0.1) is 5.92 Å². The normalized spacial score (nSPS) is 21.7. The zero-order valence-corrected chi connectivity index (χ0v) is 26.2.